The van der Waals surface area contributed by atoms with Gasteiger partial charge >= 0.3 is 5.97 Å². The Hall–Kier alpha value is -1.48. The van der Waals surface area contributed by atoms with Crippen LogP contribution in [0.2, 0.25) is 5.15 Å². The average molecular weight is 280 g/mol. The third-order valence-electron chi connectivity index (χ3n) is 3.39. The Morgan fingerprint density at radius 2 is 2.05 bits per heavy atom. The predicted molar refractivity (Wildman–Crippen MR) is 78.3 cm³/mol. The Bertz CT molecular complexity index is 643. The Kier molecular flexibility index (Phi) is 3.85. The van der Waals surface area contributed by atoms with E-state index in [1.807, 2.05) is 30.5 Å². The van der Waals surface area contributed by atoms with Gasteiger partial charge in [0.15, 0.2) is 0 Å². The molecule has 0 saturated carbocycles. The molecule has 3 nitrogen and oxygen atoms in total. The maximum atomic E-state index is 11.5. The molecule has 0 aliphatic rings. The van der Waals surface area contributed by atoms with E-state index in [-0.39, 0.29) is 5.56 Å². The number of rotatable bonds is 4. The molecule has 0 unspecified atom stereocenters. The number of fused-ring (bicyclic) bond motifs is 1. The normalized spacial score (nSPS) is 11.2. The fraction of sp³-hybridized carbons (Fsp3) is 0.400. The minimum atomic E-state index is -0.961. The lowest BCUT2D eigenvalue weighted by molar-refractivity contribution is 0.0699. The van der Waals surface area contributed by atoms with Crippen LogP contribution in [-0.2, 0) is 6.54 Å². The summed E-state index contributed by atoms with van der Waals surface area (Å²) in [6.07, 6.45) is 2.03. The Morgan fingerprint density at radius 1 is 1.37 bits per heavy atom. The summed E-state index contributed by atoms with van der Waals surface area (Å²) in [4.78, 5) is 11.5. The van der Waals surface area contributed by atoms with Crippen LogP contribution in [0, 0.1) is 13.8 Å². The van der Waals surface area contributed by atoms with E-state index in [0.717, 1.165) is 41.4 Å². The van der Waals surface area contributed by atoms with Crippen LogP contribution >= 0.6 is 11.6 Å². The molecule has 0 radical (unpaired) electrons. The molecule has 19 heavy (non-hydrogen) atoms. The van der Waals surface area contributed by atoms with Crippen molar-refractivity contribution < 1.29 is 9.90 Å². The molecule has 102 valence electrons. The zero-order valence-electron chi connectivity index (χ0n) is 11.5. The number of hydrogen-bond donors (Lipinski definition) is 1. The van der Waals surface area contributed by atoms with E-state index in [0.29, 0.717) is 5.15 Å². The van der Waals surface area contributed by atoms with E-state index in [1.54, 1.807) is 0 Å². The van der Waals surface area contributed by atoms with Crippen LogP contribution in [0.4, 0.5) is 0 Å². The second-order valence-corrected chi connectivity index (χ2v) is 5.31. The van der Waals surface area contributed by atoms with Crippen molar-refractivity contribution in [3.63, 3.8) is 0 Å². The van der Waals surface area contributed by atoms with E-state index < -0.39 is 5.97 Å². The van der Waals surface area contributed by atoms with Crippen molar-refractivity contribution in [3.8, 4) is 0 Å². The summed E-state index contributed by atoms with van der Waals surface area (Å²) in [7, 11) is 0. The number of carboxylic acid groups (broad SMARTS) is 1. The minimum Gasteiger partial charge on any atom is -0.478 e. The van der Waals surface area contributed by atoms with Crippen molar-refractivity contribution >= 4 is 28.5 Å². The molecular weight excluding hydrogens is 262 g/mol. The third kappa shape index (κ3) is 2.35. The van der Waals surface area contributed by atoms with Crippen molar-refractivity contribution in [2.24, 2.45) is 0 Å². The Morgan fingerprint density at radius 3 is 2.63 bits per heavy atom. The van der Waals surface area contributed by atoms with Gasteiger partial charge in [-0.1, -0.05) is 31.0 Å². The third-order valence-corrected chi connectivity index (χ3v) is 3.79. The molecule has 0 amide bonds. The van der Waals surface area contributed by atoms with Crippen LogP contribution in [0.25, 0.3) is 10.9 Å². The van der Waals surface area contributed by atoms with E-state index in [2.05, 4.69) is 6.92 Å². The number of carbonyl (C=O) groups is 1. The number of unbranched alkanes of at least 4 members (excludes halogenated alkanes) is 1. The van der Waals surface area contributed by atoms with Crippen molar-refractivity contribution in [1.29, 1.82) is 0 Å². The fourth-order valence-electron chi connectivity index (χ4n) is 2.56. The number of hydrogen-bond acceptors (Lipinski definition) is 1. The molecule has 2 rings (SSSR count). The van der Waals surface area contributed by atoms with Crippen molar-refractivity contribution in [1.82, 2.24) is 4.57 Å². The quantitative estimate of drug-likeness (QED) is 0.901. The highest BCUT2D eigenvalue weighted by atomic mass is 35.5. The van der Waals surface area contributed by atoms with Gasteiger partial charge in [0, 0.05) is 11.9 Å². The number of benzene rings is 1. The number of aromatic carboxylic acids is 1. The zero-order valence-corrected chi connectivity index (χ0v) is 12.2. The lowest BCUT2D eigenvalue weighted by Crippen LogP contribution is -2.00. The van der Waals surface area contributed by atoms with Gasteiger partial charge in [0.05, 0.1) is 5.52 Å². The van der Waals surface area contributed by atoms with E-state index >= 15 is 0 Å². The van der Waals surface area contributed by atoms with Crippen molar-refractivity contribution in [2.45, 2.75) is 40.2 Å². The first-order chi connectivity index (χ1) is 8.97. The zero-order chi connectivity index (χ0) is 14.2. The molecule has 0 bridgehead atoms. The first kappa shape index (κ1) is 13.9. The van der Waals surface area contributed by atoms with Gasteiger partial charge in [0.1, 0.15) is 10.7 Å². The molecule has 1 aromatic carbocycles. The number of aromatic nitrogens is 1. The first-order valence-electron chi connectivity index (χ1n) is 6.49. The highest BCUT2D eigenvalue weighted by Crippen LogP contribution is 2.33. The molecule has 0 aliphatic carbocycles. The number of carboxylic acids is 1. The second-order valence-electron chi connectivity index (χ2n) is 4.95. The summed E-state index contributed by atoms with van der Waals surface area (Å²) in [5, 5.41) is 10.5. The van der Waals surface area contributed by atoms with Gasteiger partial charge in [0.2, 0.25) is 0 Å². The largest absolute Gasteiger partial charge is 0.478 e. The molecule has 0 saturated heterocycles. The monoisotopic (exact) mass is 279 g/mol. The maximum Gasteiger partial charge on any atom is 0.339 e. The molecule has 0 aliphatic heterocycles. The Labute approximate surface area is 117 Å². The lowest BCUT2D eigenvalue weighted by Gasteiger charge is -2.07. The first-order valence-corrected chi connectivity index (χ1v) is 6.87. The van der Waals surface area contributed by atoms with Crippen LogP contribution < -0.4 is 0 Å². The highest BCUT2D eigenvalue weighted by Gasteiger charge is 2.22. The standard InChI is InChI=1S/C15H18ClNO2/c1-4-5-6-17-11-8-9(2)7-10(3)12(11)13(14(17)16)15(18)19/h7-8H,4-6H2,1-3H3,(H,18,19). The summed E-state index contributed by atoms with van der Waals surface area (Å²) >= 11 is 6.29. The molecule has 1 aromatic heterocycles. The highest BCUT2D eigenvalue weighted by molar-refractivity contribution is 6.35. The Balaban J connectivity index is 2.80. The lowest BCUT2D eigenvalue weighted by atomic mass is 10.0. The molecule has 2 aromatic rings. The van der Waals surface area contributed by atoms with Gasteiger partial charge < -0.3 is 9.67 Å². The number of halogens is 1. The molecule has 0 spiro atoms. The van der Waals surface area contributed by atoms with Crippen LogP contribution in [0.15, 0.2) is 12.1 Å². The SMILES string of the molecule is CCCCn1c(Cl)c(C(=O)O)c2c(C)cc(C)cc21. The minimum absolute atomic E-state index is 0.227. The molecule has 4 heteroatoms. The van der Waals surface area contributed by atoms with Gasteiger partial charge in [-0.3, -0.25) is 0 Å². The van der Waals surface area contributed by atoms with Crippen LogP contribution in [0.1, 0.15) is 41.3 Å². The van der Waals surface area contributed by atoms with Gasteiger partial charge in [-0.2, -0.15) is 0 Å². The number of nitrogens with zero attached hydrogens (tertiary/aromatic N) is 1. The van der Waals surface area contributed by atoms with E-state index in [1.165, 1.54) is 0 Å². The summed E-state index contributed by atoms with van der Waals surface area (Å²) in [5.41, 5.74) is 3.23. The van der Waals surface area contributed by atoms with Crippen LogP contribution in [-0.4, -0.2) is 15.6 Å². The summed E-state index contributed by atoms with van der Waals surface area (Å²) in [6, 6.07) is 4.01. The smallest absolute Gasteiger partial charge is 0.339 e. The second kappa shape index (κ2) is 5.25. The summed E-state index contributed by atoms with van der Waals surface area (Å²) < 4.78 is 1.92. The van der Waals surface area contributed by atoms with Gasteiger partial charge in [-0.25, -0.2) is 4.79 Å². The van der Waals surface area contributed by atoms with Crippen LogP contribution in [0.5, 0.6) is 0 Å². The van der Waals surface area contributed by atoms with Gasteiger partial charge in [0.25, 0.3) is 0 Å². The van der Waals surface area contributed by atoms with E-state index in [4.69, 9.17) is 11.6 Å². The molecule has 0 fully saturated rings. The fourth-order valence-corrected chi connectivity index (χ4v) is 2.91. The predicted octanol–water partition coefficient (Wildman–Crippen LogP) is 4.41. The topological polar surface area (TPSA) is 42.2 Å². The summed E-state index contributed by atoms with van der Waals surface area (Å²) in [6.45, 7) is 6.80. The van der Waals surface area contributed by atoms with Gasteiger partial charge in [-0.15, -0.1) is 0 Å². The van der Waals surface area contributed by atoms with E-state index in [9.17, 15) is 9.90 Å². The average Bonchev–Trinajstić information content (AvgIpc) is 2.59. The maximum absolute atomic E-state index is 11.5. The van der Waals surface area contributed by atoms with Crippen molar-refractivity contribution in [3.05, 3.63) is 34.0 Å². The molecular formula is C15H18ClNO2. The molecule has 0 atom stereocenters. The summed E-state index contributed by atoms with van der Waals surface area (Å²) in [5.74, 6) is -0.961. The molecule has 1 N–H and O–H groups in total. The van der Waals surface area contributed by atoms with Crippen LogP contribution in [0.3, 0.4) is 0 Å². The van der Waals surface area contributed by atoms with Crippen molar-refractivity contribution in [2.75, 3.05) is 0 Å². The number of aryl methyl sites for hydroxylation is 3. The van der Waals surface area contributed by atoms with Gasteiger partial charge in [-0.05, 0) is 37.5 Å². The molecule has 1 heterocycles.